The smallest absolute Gasteiger partial charge is 0.0959 e. The summed E-state index contributed by atoms with van der Waals surface area (Å²) in [5.41, 5.74) is 5.66. The van der Waals surface area contributed by atoms with Gasteiger partial charge in [0, 0.05) is 19.8 Å². The Hall–Kier alpha value is -0.120. The summed E-state index contributed by atoms with van der Waals surface area (Å²) in [6.45, 7) is 1.41. The first-order chi connectivity index (χ1) is 4.34. The van der Waals surface area contributed by atoms with Gasteiger partial charge in [-0.05, 0) is 6.42 Å². The number of rotatable bonds is 2. The second-order valence-corrected chi connectivity index (χ2v) is 2.32. The third-order valence-electron chi connectivity index (χ3n) is 1.59. The standard InChI is InChI=1S/C6H13NO2/c1-8-4-6-5(7)2-3-9-6/h5-6H,2-4,7H2,1H3/t5?,6-/m1/s1. The molecular formula is C6H13NO2. The summed E-state index contributed by atoms with van der Waals surface area (Å²) in [5, 5.41) is 0. The lowest BCUT2D eigenvalue weighted by molar-refractivity contribution is 0.0324. The number of nitrogens with two attached hydrogens (primary N) is 1. The van der Waals surface area contributed by atoms with Gasteiger partial charge in [-0.25, -0.2) is 0 Å². The summed E-state index contributed by atoms with van der Waals surface area (Å²) < 4.78 is 10.1. The minimum atomic E-state index is 0.134. The van der Waals surface area contributed by atoms with E-state index in [4.69, 9.17) is 15.2 Å². The van der Waals surface area contributed by atoms with Crippen LogP contribution >= 0.6 is 0 Å². The Balaban J connectivity index is 2.22. The maximum Gasteiger partial charge on any atom is 0.0959 e. The van der Waals surface area contributed by atoms with Crippen LogP contribution in [0.4, 0.5) is 0 Å². The van der Waals surface area contributed by atoms with Gasteiger partial charge in [0.25, 0.3) is 0 Å². The summed E-state index contributed by atoms with van der Waals surface area (Å²) in [6, 6.07) is 0.185. The Morgan fingerprint density at radius 1 is 1.78 bits per heavy atom. The molecule has 54 valence electrons. The van der Waals surface area contributed by atoms with E-state index in [0.717, 1.165) is 13.0 Å². The molecule has 0 radical (unpaired) electrons. The van der Waals surface area contributed by atoms with Gasteiger partial charge in [-0.2, -0.15) is 0 Å². The SMILES string of the molecule is COC[C@H]1OCCC1N. The van der Waals surface area contributed by atoms with Crippen LogP contribution in [-0.4, -0.2) is 32.5 Å². The maximum absolute atomic E-state index is 5.66. The first kappa shape index (κ1) is 6.99. The van der Waals surface area contributed by atoms with E-state index in [2.05, 4.69) is 0 Å². The van der Waals surface area contributed by atoms with Crippen LogP contribution < -0.4 is 5.73 Å². The van der Waals surface area contributed by atoms with Crippen LogP contribution in [0.2, 0.25) is 0 Å². The first-order valence-electron chi connectivity index (χ1n) is 3.20. The predicted molar refractivity (Wildman–Crippen MR) is 34.2 cm³/mol. The molecule has 0 spiro atoms. The average molecular weight is 131 g/mol. The predicted octanol–water partition coefficient (Wildman–Crippen LogP) is -0.251. The van der Waals surface area contributed by atoms with Gasteiger partial charge < -0.3 is 15.2 Å². The van der Waals surface area contributed by atoms with Gasteiger partial charge >= 0.3 is 0 Å². The monoisotopic (exact) mass is 131 g/mol. The molecule has 1 saturated heterocycles. The van der Waals surface area contributed by atoms with Gasteiger partial charge in [0.2, 0.25) is 0 Å². The van der Waals surface area contributed by atoms with Crippen LogP contribution in [0.25, 0.3) is 0 Å². The minimum absolute atomic E-state index is 0.134. The Labute approximate surface area is 55.1 Å². The normalized spacial score (nSPS) is 35.3. The van der Waals surface area contributed by atoms with Crippen LogP contribution in [0.3, 0.4) is 0 Å². The molecule has 1 aliphatic heterocycles. The van der Waals surface area contributed by atoms with Crippen LogP contribution in [0.15, 0.2) is 0 Å². The molecule has 9 heavy (non-hydrogen) atoms. The molecule has 0 aliphatic carbocycles. The summed E-state index contributed by atoms with van der Waals surface area (Å²) in [4.78, 5) is 0. The van der Waals surface area contributed by atoms with Gasteiger partial charge in [-0.3, -0.25) is 0 Å². The summed E-state index contributed by atoms with van der Waals surface area (Å²) in [5.74, 6) is 0. The van der Waals surface area contributed by atoms with Gasteiger partial charge in [0.15, 0.2) is 0 Å². The van der Waals surface area contributed by atoms with Crippen molar-refractivity contribution in [2.75, 3.05) is 20.3 Å². The van der Waals surface area contributed by atoms with E-state index in [1.54, 1.807) is 7.11 Å². The fourth-order valence-corrected chi connectivity index (χ4v) is 1.00. The zero-order valence-corrected chi connectivity index (χ0v) is 5.67. The molecular weight excluding hydrogens is 118 g/mol. The van der Waals surface area contributed by atoms with E-state index >= 15 is 0 Å². The van der Waals surface area contributed by atoms with Crippen molar-refractivity contribution in [3.63, 3.8) is 0 Å². The topological polar surface area (TPSA) is 44.5 Å². The van der Waals surface area contributed by atoms with E-state index in [1.807, 2.05) is 0 Å². The molecule has 1 fully saturated rings. The van der Waals surface area contributed by atoms with Gasteiger partial charge in [-0.1, -0.05) is 0 Å². The fraction of sp³-hybridized carbons (Fsp3) is 1.00. The van der Waals surface area contributed by atoms with E-state index < -0.39 is 0 Å². The van der Waals surface area contributed by atoms with Crippen LogP contribution in [0.1, 0.15) is 6.42 Å². The molecule has 2 N–H and O–H groups in total. The maximum atomic E-state index is 5.66. The molecule has 1 rings (SSSR count). The highest BCUT2D eigenvalue weighted by Crippen LogP contribution is 2.10. The first-order valence-corrected chi connectivity index (χ1v) is 3.20. The van der Waals surface area contributed by atoms with Crippen LogP contribution in [-0.2, 0) is 9.47 Å². The molecule has 0 amide bonds. The number of methoxy groups -OCH3 is 1. The van der Waals surface area contributed by atoms with Crippen molar-refractivity contribution in [2.45, 2.75) is 18.6 Å². The van der Waals surface area contributed by atoms with Crippen molar-refractivity contribution in [3.8, 4) is 0 Å². The Bertz CT molecular complexity index is 87.1. The third-order valence-corrected chi connectivity index (χ3v) is 1.59. The van der Waals surface area contributed by atoms with Crippen LogP contribution in [0.5, 0.6) is 0 Å². The summed E-state index contributed by atoms with van der Waals surface area (Å²) in [6.07, 6.45) is 1.10. The quantitative estimate of drug-likeness (QED) is 0.562. The van der Waals surface area contributed by atoms with E-state index in [-0.39, 0.29) is 12.1 Å². The molecule has 1 unspecified atom stereocenters. The van der Waals surface area contributed by atoms with Crippen molar-refractivity contribution >= 4 is 0 Å². The van der Waals surface area contributed by atoms with Crippen molar-refractivity contribution in [1.82, 2.24) is 0 Å². The number of hydrogen-bond acceptors (Lipinski definition) is 3. The Kier molecular flexibility index (Phi) is 2.45. The Morgan fingerprint density at radius 2 is 2.56 bits per heavy atom. The van der Waals surface area contributed by atoms with Crippen molar-refractivity contribution in [1.29, 1.82) is 0 Å². The fourth-order valence-electron chi connectivity index (χ4n) is 1.00. The number of hydrogen-bond donors (Lipinski definition) is 1. The second kappa shape index (κ2) is 3.15. The highest BCUT2D eigenvalue weighted by molar-refractivity contribution is 4.78. The Morgan fingerprint density at radius 3 is 3.00 bits per heavy atom. The molecule has 1 heterocycles. The molecule has 3 heteroatoms. The highest BCUT2D eigenvalue weighted by atomic mass is 16.5. The van der Waals surface area contributed by atoms with Crippen LogP contribution in [0, 0.1) is 0 Å². The van der Waals surface area contributed by atoms with Crippen molar-refractivity contribution < 1.29 is 9.47 Å². The molecule has 0 aromatic carbocycles. The summed E-state index contributed by atoms with van der Waals surface area (Å²) >= 11 is 0. The molecule has 0 aromatic heterocycles. The summed E-state index contributed by atoms with van der Waals surface area (Å²) in [7, 11) is 1.66. The number of ether oxygens (including phenoxy) is 2. The van der Waals surface area contributed by atoms with E-state index in [1.165, 1.54) is 0 Å². The largest absolute Gasteiger partial charge is 0.382 e. The molecule has 0 saturated carbocycles. The highest BCUT2D eigenvalue weighted by Gasteiger charge is 2.23. The average Bonchev–Trinajstić information content (AvgIpc) is 2.18. The lowest BCUT2D eigenvalue weighted by Gasteiger charge is -2.11. The zero-order valence-electron chi connectivity index (χ0n) is 5.67. The van der Waals surface area contributed by atoms with Crippen molar-refractivity contribution in [3.05, 3.63) is 0 Å². The molecule has 0 aromatic rings. The molecule has 3 nitrogen and oxygen atoms in total. The molecule has 0 bridgehead atoms. The lowest BCUT2D eigenvalue weighted by Crippen LogP contribution is -2.33. The second-order valence-electron chi connectivity index (χ2n) is 2.32. The van der Waals surface area contributed by atoms with Gasteiger partial charge in [0.1, 0.15) is 0 Å². The van der Waals surface area contributed by atoms with E-state index in [9.17, 15) is 0 Å². The lowest BCUT2D eigenvalue weighted by atomic mass is 10.2. The van der Waals surface area contributed by atoms with Gasteiger partial charge in [0.05, 0.1) is 12.7 Å². The van der Waals surface area contributed by atoms with E-state index in [0.29, 0.717) is 6.61 Å². The zero-order chi connectivity index (χ0) is 6.69. The third kappa shape index (κ3) is 1.64. The van der Waals surface area contributed by atoms with Gasteiger partial charge in [-0.15, -0.1) is 0 Å². The molecule has 2 atom stereocenters. The van der Waals surface area contributed by atoms with Crippen molar-refractivity contribution in [2.24, 2.45) is 5.73 Å². The molecule has 1 aliphatic rings. The minimum Gasteiger partial charge on any atom is -0.382 e.